The first-order valence-electron chi connectivity index (χ1n) is 9.11. The molecule has 0 unspecified atom stereocenters. The molecule has 0 radical (unpaired) electrons. The van der Waals surface area contributed by atoms with E-state index in [-0.39, 0.29) is 38.5 Å². The van der Waals surface area contributed by atoms with E-state index >= 15 is 0 Å². The normalized spacial score (nSPS) is 11.6. The molecule has 150 valence electrons. The van der Waals surface area contributed by atoms with Gasteiger partial charge in [0.1, 0.15) is 5.52 Å². The Morgan fingerprint density at radius 2 is 1.90 bits per heavy atom. The molecule has 4 aromatic rings. The van der Waals surface area contributed by atoms with Crippen LogP contribution in [-0.4, -0.2) is 21.2 Å². The van der Waals surface area contributed by atoms with Crippen molar-refractivity contribution in [2.45, 2.75) is 6.43 Å². The Labute approximate surface area is 181 Å². The number of aromatic nitrogens is 3. The molecule has 0 amide bonds. The first-order valence-corrected chi connectivity index (χ1v) is 9.36. The van der Waals surface area contributed by atoms with E-state index in [1.807, 2.05) is 0 Å². The van der Waals surface area contributed by atoms with Crippen LogP contribution in [0.15, 0.2) is 54.7 Å². The van der Waals surface area contributed by atoms with Crippen LogP contribution in [0, 0.1) is 0 Å². The lowest BCUT2D eigenvalue weighted by Gasteiger charge is -2.14. The number of fused-ring (bicyclic) bond motifs is 1. The van der Waals surface area contributed by atoms with Crippen LogP contribution in [0.5, 0.6) is 0 Å². The lowest BCUT2D eigenvalue weighted by Crippen LogP contribution is -2.04. The van der Waals surface area contributed by atoms with Crippen molar-refractivity contribution in [3.63, 3.8) is 0 Å². The topological polar surface area (TPSA) is 67.8 Å². The number of aldehydes is 1. The third-order valence-corrected chi connectivity index (χ3v) is 4.97. The molecule has 2 aromatic carbocycles. The van der Waals surface area contributed by atoms with Crippen LogP contribution in [0.2, 0.25) is 10.0 Å². The van der Waals surface area contributed by atoms with Crippen molar-refractivity contribution in [1.29, 1.82) is 0 Å². The molecular weight excluding hydrogens is 433 g/mol. The van der Waals surface area contributed by atoms with Gasteiger partial charge in [-0.2, -0.15) is 0 Å². The fourth-order valence-corrected chi connectivity index (χ4v) is 3.39. The van der Waals surface area contributed by atoms with Crippen LogP contribution < -0.4 is 5.32 Å². The highest BCUT2D eigenvalue weighted by Crippen LogP contribution is 2.38. The molecule has 0 aliphatic carbocycles. The predicted molar refractivity (Wildman–Crippen MR) is 113 cm³/mol. The number of carbonyl (C=O) groups is 1. The zero-order chi connectivity index (χ0) is 22.1. The Morgan fingerprint density at radius 1 is 1.10 bits per heavy atom. The van der Waals surface area contributed by atoms with Gasteiger partial charge in [-0.1, -0.05) is 53.5 Å². The minimum atomic E-state index is -2.93. The van der Waals surface area contributed by atoms with Crippen LogP contribution in [0.1, 0.15) is 24.0 Å². The average Bonchev–Trinajstić information content (AvgIpc) is 2.76. The number of anilines is 2. The number of nitrogens with zero attached hydrogens (tertiary/aromatic N) is 3. The third-order valence-electron chi connectivity index (χ3n) is 4.25. The number of halogens is 4. The molecule has 0 bridgehead atoms. The Balaban J connectivity index is 1.84. The van der Waals surface area contributed by atoms with Gasteiger partial charge in [0, 0.05) is 27.9 Å². The Morgan fingerprint density at radius 3 is 2.67 bits per heavy atom. The van der Waals surface area contributed by atoms with Gasteiger partial charge >= 0.3 is 0 Å². The molecule has 30 heavy (non-hydrogen) atoms. The zero-order valence-electron chi connectivity index (χ0n) is 16.0. The summed E-state index contributed by atoms with van der Waals surface area (Å²) in [7, 11) is 0. The first-order chi connectivity index (χ1) is 14.9. The van der Waals surface area contributed by atoms with Crippen molar-refractivity contribution in [3.8, 4) is 11.1 Å². The Bertz CT molecular complexity index is 1320. The summed E-state index contributed by atoms with van der Waals surface area (Å²) in [5.41, 5.74) is 1.96. The van der Waals surface area contributed by atoms with Crippen LogP contribution in [0.4, 0.5) is 20.3 Å². The predicted octanol–water partition coefficient (Wildman–Crippen LogP) is 6.49. The average molecular weight is 446 g/mol. The van der Waals surface area contributed by atoms with E-state index in [1.165, 1.54) is 12.3 Å². The molecule has 0 fully saturated rings. The number of pyridine rings is 1. The highest BCUT2D eigenvalue weighted by Gasteiger charge is 2.18. The van der Waals surface area contributed by atoms with Gasteiger partial charge in [-0.3, -0.25) is 4.79 Å². The summed E-state index contributed by atoms with van der Waals surface area (Å²) in [4.78, 5) is 22.8. The fourth-order valence-electron chi connectivity index (χ4n) is 2.89. The maximum absolute atomic E-state index is 13.3. The van der Waals surface area contributed by atoms with E-state index < -0.39 is 12.2 Å². The molecule has 0 aliphatic rings. The summed E-state index contributed by atoms with van der Waals surface area (Å²) in [6, 6.07) is 11.5. The molecular formula is C21H12Cl2F2N4O. The van der Waals surface area contributed by atoms with Gasteiger partial charge in [-0.05, 0) is 18.2 Å². The Kier molecular flexibility index (Phi) is 5.21. The summed E-state index contributed by atoms with van der Waals surface area (Å²) < 4.78 is 34.6. The summed E-state index contributed by atoms with van der Waals surface area (Å²) >= 11 is 12.8. The van der Waals surface area contributed by atoms with Crippen LogP contribution >= 0.6 is 23.2 Å². The van der Waals surface area contributed by atoms with Crippen molar-refractivity contribution < 1.29 is 14.9 Å². The second-order valence-electron chi connectivity index (χ2n) is 6.18. The number of alkyl halides is 2. The molecule has 4 rings (SSSR count). The molecule has 5 nitrogen and oxygen atoms in total. The van der Waals surface area contributed by atoms with Gasteiger partial charge in [0.25, 0.3) is 6.43 Å². The molecule has 0 atom stereocenters. The first kappa shape index (κ1) is 18.8. The van der Waals surface area contributed by atoms with Gasteiger partial charge in [-0.25, -0.2) is 23.7 Å². The molecule has 0 saturated carbocycles. The minimum absolute atomic E-state index is 0.0112. The number of hydrogen-bond donors (Lipinski definition) is 1. The van der Waals surface area contributed by atoms with Gasteiger partial charge < -0.3 is 5.32 Å². The second-order valence-corrected chi connectivity index (χ2v) is 6.93. The highest BCUT2D eigenvalue weighted by molar-refractivity contribution is 6.38. The molecule has 1 N–H and O–H groups in total. The van der Waals surface area contributed by atoms with Crippen molar-refractivity contribution in [3.05, 3.63) is 76.1 Å². The largest absolute Gasteiger partial charge is 0.337 e. The maximum atomic E-state index is 13.3. The van der Waals surface area contributed by atoms with Crippen LogP contribution in [0.25, 0.3) is 22.2 Å². The van der Waals surface area contributed by atoms with Gasteiger partial charge in [0.15, 0.2) is 17.9 Å². The van der Waals surface area contributed by atoms with E-state index in [4.69, 9.17) is 24.6 Å². The molecule has 2 aromatic heterocycles. The van der Waals surface area contributed by atoms with Crippen LogP contribution in [-0.2, 0) is 0 Å². The van der Waals surface area contributed by atoms with Crippen molar-refractivity contribution in [2.75, 3.05) is 5.32 Å². The fraction of sp³-hybridized carbons (Fsp3) is 0.0476. The maximum Gasteiger partial charge on any atom is 0.297 e. The standard InChI is InChI=1S/C21H12Cl2F2N4O/c22-14-6-2-1-4-12(14)13-5-3-7-15(17(13)23)27-20-18-16(8-11(10-30)9-26-18)28-21(29-20)19(24)25/h1-10,19H,(H,27,28,29)/i6D. The zero-order valence-corrected chi connectivity index (χ0v) is 16.5. The van der Waals surface area contributed by atoms with E-state index in [9.17, 15) is 13.6 Å². The third kappa shape index (κ3) is 3.81. The summed E-state index contributed by atoms with van der Waals surface area (Å²) in [6.07, 6.45) is -1.08. The summed E-state index contributed by atoms with van der Waals surface area (Å²) in [5, 5.41) is 3.42. The quantitative estimate of drug-likeness (QED) is 0.355. The lowest BCUT2D eigenvalue weighted by atomic mass is 10.0. The van der Waals surface area contributed by atoms with Crippen LogP contribution in [0.3, 0.4) is 0 Å². The Hall–Kier alpha value is -3.16. The SMILES string of the molecule is [2H]c1cccc(-c2cccc(Nc3nc(C(F)F)nc4cc(C=O)cnc34)c2Cl)c1Cl. The highest BCUT2D eigenvalue weighted by atomic mass is 35.5. The number of hydrogen-bond acceptors (Lipinski definition) is 5. The van der Waals surface area contributed by atoms with E-state index in [0.29, 0.717) is 23.1 Å². The van der Waals surface area contributed by atoms with Gasteiger partial charge in [-0.15, -0.1) is 0 Å². The van der Waals surface area contributed by atoms with Gasteiger partial charge in [0.05, 0.1) is 17.6 Å². The van der Waals surface area contributed by atoms with Gasteiger partial charge in [0.2, 0.25) is 0 Å². The summed E-state index contributed by atoms with van der Waals surface area (Å²) in [6.45, 7) is 0. The van der Waals surface area contributed by atoms with Crippen molar-refractivity contribution >= 4 is 52.0 Å². The number of carbonyl (C=O) groups excluding carboxylic acids is 1. The number of nitrogens with one attached hydrogen (secondary N) is 1. The number of benzene rings is 2. The van der Waals surface area contributed by atoms with Crippen molar-refractivity contribution in [2.24, 2.45) is 0 Å². The lowest BCUT2D eigenvalue weighted by molar-refractivity contribution is 0.112. The number of rotatable bonds is 5. The van der Waals surface area contributed by atoms with E-state index in [1.54, 1.807) is 36.4 Å². The van der Waals surface area contributed by atoms with E-state index in [2.05, 4.69) is 20.3 Å². The molecule has 2 heterocycles. The molecule has 0 aliphatic heterocycles. The molecule has 9 heteroatoms. The monoisotopic (exact) mass is 445 g/mol. The smallest absolute Gasteiger partial charge is 0.297 e. The minimum Gasteiger partial charge on any atom is -0.337 e. The van der Waals surface area contributed by atoms with Crippen molar-refractivity contribution in [1.82, 2.24) is 15.0 Å². The molecule has 0 saturated heterocycles. The second kappa shape index (κ2) is 8.30. The summed E-state index contributed by atoms with van der Waals surface area (Å²) in [5.74, 6) is -0.700. The van der Waals surface area contributed by atoms with E-state index in [0.717, 1.165) is 0 Å². The molecule has 0 spiro atoms.